The zero-order valence-electron chi connectivity index (χ0n) is 8.60. The van der Waals surface area contributed by atoms with E-state index in [1.54, 1.807) is 6.07 Å². The van der Waals surface area contributed by atoms with Gasteiger partial charge >= 0.3 is 0 Å². The van der Waals surface area contributed by atoms with Gasteiger partial charge in [0.2, 0.25) is 0 Å². The number of likely N-dealkylation sites (tertiary alicyclic amines) is 1. The standard InChI is InChI=1S/C11H12FNO3/c12-8-2-1-3-10(4-8)16-7-11(15)13-5-9(14)6-13/h1-4,9,14H,5-7H2. The number of benzene rings is 1. The molecule has 0 saturated carbocycles. The van der Waals surface area contributed by atoms with Crippen molar-refractivity contribution in [2.24, 2.45) is 0 Å². The molecule has 1 saturated heterocycles. The van der Waals surface area contributed by atoms with Gasteiger partial charge in [0.1, 0.15) is 11.6 Å². The lowest BCUT2D eigenvalue weighted by atomic mass is 10.2. The first-order valence-electron chi connectivity index (χ1n) is 4.99. The average molecular weight is 225 g/mol. The third-order valence-corrected chi connectivity index (χ3v) is 2.37. The molecule has 1 N–H and O–H groups in total. The molecular weight excluding hydrogens is 213 g/mol. The largest absolute Gasteiger partial charge is 0.484 e. The van der Waals surface area contributed by atoms with Crippen LogP contribution in [-0.4, -0.2) is 41.7 Å². The summed E-state index contributed by atoms with van der Waals surface area (Å²) in [6.07, 6.45) is -0.418. The minimum atomic E-state index is -0.418. The summed E-state index contributed by atoms with van der Waals surface area (Å²) in [6, 6.07) is 5.63. The quantitative estimate of drug-likeness (QED) is 0.810. The van der Waals surface area contributed by atoms with Gasteiger partial charge in [0.25, 0.3) is 5.91 Å². The summed E-state index contributed by atoms with van der Waals surface area (Å²) in [6.45, 7) is 0.576. The topological polar surface area (TPSA) is 49.8 Å². The van der Waals surface area contributed by atoms with Gasteiger partial charge in [-0.15, -0.1) is 0 Å². The highest BCUT2D eigenvalue weighted by Crippen LogP contribution is 2.13. The van der Waals surface area contributed by atoms with Gasteiger partial charge in [-0.2, -0.15) is 0 Å². The van der Waals surface area contributed by atoms with E-state index in [4.69, 9.17) is 9.84 Å². The van der Waals surface area contributed by atoms with E-state index in [0.29, 0.717) is 18.8 Å². The average Bonchev–Trinajstić information content (AvgIpc) is 2.22. The molecule has 0 aromatic heterocycles. The molecule has 1 amide bonds. The SMILES string of the molecule is O=C(COc1cccc(F)c1)N1CC(O)C1. The van der Waals surface area contributed by atoms with Crippen molar-refractivity contribution < 1.29 is 19.0 Å². The van der Waals surface area contributed by atoms with Crippen LogP contribution in [0.25, 0.3) is 0 Å². The van der Waals surface area contributed by atoms with Crippen LogP contribution in [0.5, 0.6) is 5.75 Å². The van der Waals surface area contributed by atoms with Gasteiger partial charge in [0.05, 0.1) is 6.10 Å². The lowest BCUT2D eigenvalue weighted by Crippen LogP contribution is -2.54. The van der Waals surface area contributed by atoms with Crippen molar-refractivity contribution in [2.45, 2.75) is 6.10 Å². The number of rotatable bonds is 3. The highest BCUT2D eigenvalue weighted by molar-refractivity contribution is 5.78. The molecule has 1 aromatic carbocycles. The van der Waals surface area contributed by atoms with E-state index >= 15 is 0 Å². The number of β-amino-alcohol motifs (C(OH)–C–C–N with tert-alkyl or cyclic N) is 1. The number of ether oxygens (including phenoxy) is 1. The Labute approximate surface area is 92.2 Å². The molecule has 1 aliphatic heterocycles. The zero-order valence-corrected chi connectivity index (χ0v) is 8.60. The predicted octanol–water partition coefficient (Wildman–Crippen LogP) is 0.408. The second-order valence-electron chi connectivity index (χ2n) is 3.70. The molecule has 0 radical (unpaired) electrons. The Bertz CT molecular complexity index is 391. The number of carbonyl (C=O) groups excluding carboxylic acids is 1. The van der Waals surface area contributed by atoms with Crippen LogP contribution in [0.15, 0.2) is 24.3 Å². The molecule has 1 aromatic rings. The van der Waals surface area contributed by atoms with Crippen LogP contribution in [0.1, 0.15) is 0 Å². The molecule has 86 valence electrons. The fourth-order valence-corrected chi connectivity index (χ4v) is 1.45. The molecule has 0 atom stereocenters. The molecule has 0 spiro atoms. The monoisotopic (exact) mass is 225 g/mol. The number of hydrogen-bond acceptors (Lipinski definition) is 3. The maximum absolute atomic E-state index is 12.8. The Hall–Kier alpha value is -1.62. The third kappa shape index (κ3) is 2.49. The van der Waals surface area contributed by atoms with Crippen molar-refractivity contribution in [3.05, 3.63) is 30.1 Å². The second-order valence-corrected chi connectivity index (χ2v) is 3.70. The number of carbonyl (C=O) groups is 1. The fraction of sp³-hybridized carbons (Fsp3) is 0.364. The second kappa shape index (κ2) is 4.49. The van der Waals surface area contributed by atoms with E-state index in [9.17, 15) is 9.18 Å². The Morgan fingerprint density at radius 3 is 2.94 bits per heavy atom. The number of aliphatic hydroxyl groups excluding tert-OH is 1. The predicted molar refractivity (Wildman–Crippen MR) is 54.5 cm³/mol. The maximum Gasteiger partial charge on any atom is 0.260 e. The first-order chi connectivity index (χ1) is 7.65. The van der Waals surface area contributed by atoms with Crippen molar-refractivity contribution in [1.82, 2.24) is 4.90 Å². The van der Waals surface area contributed by atoms with E-state index in [2.05, 4.69) is 0 Å². The van der Waals surface area contributed by atoms with Crippen molar-refractivity contribution >= 4 is 5.91 Å². The molecule has 4 nitrogen and oxygen atoms in total. The molecular formula is C11H12FNO3. The van der Waals surface area contributed by atoms with Crippen molar-refractivity contribution in [3.63, 3.8) is 0 Å². The van der Waals surface area contributed by atoms with E-state index < -0.39 is 11.9 Å². The lowest BCUT2D eigenvalue weighted by molar-refractivity contribution is -0.143. The van der Waals surface area contributed by atoms with Gasteiger partial charge in [-0.1, -0.05) is 6.07 Å². The maximum atomic E-state index is 12.8. The summed E-state index contributed by atoms with van der Waals surface area (Å²) in [7, 11) is 0. The summed E-state index contributed by atoms with van der Waals surface area (Å²) in [5.74, 6) is -0.270. The molecule has 2 rings (SSSR count). The number of hydrogen-bond donors (Lipinski definition) is 1. The van der Waals surface area contributed by atoms with Crippen LogP contribution < -0.4 is 4.74 Å². The van der Waals surface area contributed by atoms with Crippen molar-refractivity contribution in [3.8, 4) is 5.75 Å². The van der Waals surface area contributed by atoms with Gasteiger partial charge in [-0.3, -0.25) is 4.79 Å². The van der Waals surface area contributed by atoms with E-state index in [1.165, 1.54) is 23.1 Å². The van der Waals surface area contributed by atoms with Crippen molar-refractivity contribution in [2.75, 3.05) is 19.7 Å². The molecule has 0 bridgehead atoms. The lowest BCUT2D eigenvalue weighted by Gasteiger charge is -2.35. The molecule has 1 aliphatic rings. The van der Waals surface area contributed by atoms with Gasteiger partial charge < -0.3 is 14.7 Å². The summed E-state index contributed by atoms with van der Waals surface area (Å²) < 4.78 is 17.9. The molecule has 0 aliphatic carbocycles. The van der Waals surface area contributed by atoms with Crippen LogP contribution in [0.2, 0.25) is 0 Å². The summed E-state index contributed by atoms with van der Waals surface area (Å²) in [5.41, 5.74) is 0. The van der Waals surface area contributed by atoms with E-state index in [1.807, 2.05) is 0 Å². The normalized spacial score (nSPS) is 15.8. The van der Waals surface area contributed by atoms with Crippen LogP contribution in [0.4, 0.5) is 4.39 Å². The first-order valence-corrected chi connectivity index (χ1v) is 4.99. The Balaban J connectivity index is 1.81. The minimum absolute atomic E-state index is 0.129. The van der Waals surface area contributed by atoms with Crippen LogP contribution in [-0.2, 0) is 4.79 Å². The third-order valence-electron chi connectivity index (χ3n) is 2.37. The van der Waals surface area contributed by atoms with Crippen molar-refractivity contribution in [1.29, 1.82) is 0 Å². The van der Waals surface area contributed by atoms with Gasteiger partial charge in [0.15, 0.2) is 6.61 Å². The summed E-state index contributed by atoms with van der Waals surface area (Å²) in [5, 5.41) is 9.00. The molecule has 1 heterocycles. The molecule has 0 unspecified atom stereocenters. The van der Waals surface area contributed by atoms with Gasteiger partial charge in [-0.25, -0.2) is 4.39 Å². The van der Waals surface area contributed by atoms with Gasteiger partial charge in [0, 0.05) is 19.2 Å². The van der Waals surface area contributed by atoms with Gasteiger partial charge in [-0.05, 0) is 12.1 Å². The summed E-state index contributed by atoms with van der Waals surface area (Å²) >= 11 is 0. The molecule has 5 heteroatoms. The molecule has 16 heavy (non-hydrogen) atoms. The Kier molecular flexibility index (Phi) is 3.05. The number of nitrogens with zero attached hydrogens (tertiary/aromatic N) is 1. The summed E-state index contributed by atoms with van der Waals surface area (Å²) in [4.78, 5) is 12.9. The number of aliphatic hydroxyl groups is 1. The minimum Gasteiger partial charge on any atom is -0.484 e. The van der Waals surface area contributed by atoms with Crippen LogP contribution >= 0.6 is 0 Å². The first kappa shape index (κ1) is 10.9. The van der Waals surface area contributed by atoms with Crippen LogP contribution in [0, 0.1) is 5.82 Å². The van der Waals surface area contributed by atoms with E-state index in [0.717, 1.165) is 0 Å². The fourth-order valence-electron chi connectivity index (χ4n) is 1.45. The van der Waals surface area contributed by atoms with E-state index in [-0.39, 0.29) is 12.5 Å². The van der Waals surface area contributed by atoms with Crippen LogP contribution in [0.3, 0.4) is 0 Å². The zero-order chi connectivity index (χ0) is 11.5. The highest BCUT2D eigenvalue weighted by atomic mass is 19.1. The highest BCUT2D eigenvalue weighted by Gasteiger charge is 2.28. The Morgan fingerprint density at radius 1 is 1.56 bits per heavy atom. The Morgan fingerprint density at radius 2 is 2.31 bits per heavy atom. The molecule has 1 fully saturated rings. The number of amides is 1. The number of halogens is 1. The smallest absolute Gasteiger partial charge is 0.260 e.